The Bertz CT molecular complexity index is 992. The van der Waals surface area contributed by atoms with E-state index in [-0.39, 0.29) is 28.9 Å². The molecule has 0 aromatic heterocycles. The van der Waals surface area contributed by atoms with Gasteiger partial charge in [0, 0.05) is 12.6 Å². The van der Waals surface area contributed by atoms with Gasteiger partial charge in [0.15, 0.2) is 11.6 Å². The fourth-order valence-corrected chi connectivity index (χ4v) is 5.13. The maximum atomic E-state index is 13.8. The number of carbonyl (C=O) groups excluding carboxylic acids is 1. The largest absolute Gasteiger partial charge is 0.494 e. The Hall–Kier alpha value is -2.45. The van der Waals surface area contributed by atoms with Crippen LogP contribution < -0.4 is 4.74 Å². The van der Waals surface area contributed by atoms with Crippen LogP contribution in [-0.2, 0) is 21.4 Å². The minimum Gasteiger partial charge on any atom is -0.494 e. The van der Waals surface area contributed by atoms with Crippen molar-refractivity contribution in [1.82, 2.24) is 4.31 Å². The Morgan fingerprint density at radius 1 is 1.21 bits per heavy atom. The zero-order chi connectivity index (χ0) is 21.0. The number of piperidine rings is 1. The topological polar surface area (TPSA) is 72.9 Å². The Kier molecular flexibility index (Phi) is 6.54. The highest BCUT2D eigenvalue weighted by Crippen LogP contribution is 2.26. The summed E-state index contributed by atoms with van der Waals surface area (Å²) in [6.45, 7) is 2.23. The Labute approximate surface area is 170 Å². The van der Waals surface area contributed by atoms with Crippen LogP contribution in [0.2, 0.25) is 0 Å². The fourth-order valence-electron chi connectivity index (χ4n) is 3.38. The molecule has 6 nitrogen and oxygen atoms in total. The lowest BCUT2D eigenvalue weighted by atomic mass is 10.1. The number of hydrogen-bond acceptors (Lipinski definition) is 5. The lowest BCUT2D eigenvalue weighted by Gasteiger charge is -2.32. The molecule has 1 saturated heterocycles. The first-order valence-corrected chi connectivity index (χ1v) is 10.9. The quantitative estimate of drug-likeness (QED) is 0.664. The summed E-state index contributed by atoms with van der Waals surface area (Å²) in [5.74, 6) is -1.13. The number of halogens is 1. The molecular weight excluding hydrogens is 397 g/mol. The minimum absolute atomic E-state index is 0.0659. The first-order chi connectivity index (χ1) is 13.8. The predicted octanol–water partition coefficient (Wildman–Crippen LogP) is 3.75. The third-order valence-corrected chi connectivity index (χ3v) is 7.01. The Balaban J connectivity index is 1.73. The van der Waals surface area contributed by atoms with Crippen molar-refractivity contribution in [3.63, 3.8) is 0 Å². The highest BCUT2D eigenvalue weighted by Gasteiger charge is 2.31. The third kappa shape index (κ3) is 4.76. The van der Waals surface area contributed by atoms with Crippen LogP contribution in [-0.4, -0.2) is 38.4 Å². The van der Waals surface area contributed by atoms with Gasteiger partial charge in [-0.1, -0.05) is 18.6 Å². The lowest BCUT2D eigenvalue weighted by molar-refractivity contribution is 0.0472. The SMILES string of the molecule is COc1ccc(COC(=O)c2cccc(S(=O)(=O)N3CCCC[C@@H]3C)c2)cc1F. The average molecular weight is 421 g/mol. The van der Waals surface area contributed by atoms with Gasteiger partial charge in [-0.3, -0.25) is 0 Å². The Morgan fingerprint density at radius 3 is 2.69 bits per heavy atom. The van der Waals surface area contributed by atoms with E-state index in [9.17, 15) is 17.6 Å². The molecule has 0 aliphatic carbocycles. The van der Waals surface area contributed by atoms with Crippen LogP contribution >= 0.6 is 0 Å². The van der Waals surface area contributed by atoms with Crippen LogP contribution in [0.4, 0.5) is 4.39 Å². The Morgan fingerprint density at radius 2 is 2.00 bits per heavy atom. The van der Waals surface area contributed by atoms with E-state index >= 15 is 0 Å². The van der Waals surface area contributed by atoms with Crippen LogP contribution in [0.25, 0.3) is 0 Å². The first kappa shape index (κ1) is 21.3. The molecule has 3 rings (SSSR count). The molecular formula is C21H24FNO5S. The second kappa shape index (κ2) is 8.92. The van der Waals surface area contributed by atoms with Crippen molar-refractivity contribution in [2.75, 3.05) is 13.7 Å². The van der Waals surface area contributed by atoms with Crippen molar-refractivity contribution in [3.05, 3.63) is 59.4 Å². The molecule has 0 bridgehead atoms. The molecule has 29 heavy (non-hydrogen) atoms. The molecule has 1 aliphatic heterocycles. The van der Waals surface area contributed by atoms with Gasteiger partial charge in [-0.2, -0.15) is 4.31 Å². The summed E-state index contributed by atoms with van der Waals surface area (Å²) < 4.78 is 51.3. The summed E-state index contributed by atoms with van der Waals surface area (Å²) in [7, 11) is -2.32. The van der Waals surface area contributed by atoms with Gasteiger partial charge in [0.25, 0.3) is 0 Å². The van der Waals surface area contributed by atoms with Crippen molar-refractivity contribution < 1.29 is 27.1 Å². The van der Waals surface area contributed by atoms with Crippen molar-refractivity contribution in [2.45, 2.75) is 43.7 Å². The molecule has 8 heteroatoms. The minimum atomic E-state index is -3.69. The van der Waals surface area contributed by atoms with E-state index in [2.05, 4.69) is 0 Å². The number of carbonyl (C=O) groups is 1. The lowest BCUT2D eigenvalue weighted by Crippen LogP contribution is -2.41. The maximum Gasteiger partial charge on any atom is 0.338 e. The van der Waals surface area contributed by atoms with E-state index in [1.807, 2.05) is 6.92 Å². The predicted molar refractivity (Wildman–Crippen MR) is 106 cm³/mol. The van der Waals surface area contributed by atoms with E-state index in [1.54, 1.807) is 6.07 Å². The van der Waals surface area contributed by atoms with Crippen molar-refractivity contribution in [3.8, 4) is 5.75 Å². The number of esters is 1. The molecule has 156 valence electrons. The van der Waals surface area contributed by atoms with Gasteiger partial charge >= 0.3 is 5.97 Å². The van der Waals surface area contributed by atoms with Crippen LogP contribution in [0.5, 0.6) is 5.75 Å². The molecule has 0 radical (unpaired) electrons. The molecule has 0 spiro atoms. The normalized spacial score (nSPS) is 17.7. The van der Waals surface area contributed by atoms with Gasteiger partial charge in [0.1, 0.15) is 6.61 Å². The highest BCUT2D eigenvalue weighted by atomic mass is 32.2. The second-order valence-electron chi connectivity index (χ2n) is 7.03. The van der Waals surface area contributed by atoms with Gasteiger partial charge in [0.2, 0.25) is 10.0 Å². The number of ether oxygens (including phenoxy) is 2. The molecule has 0 amide bonds. The van der Waals surface area contributed by atoms with Gasteiger partial charge in [0.05, 0.1) is 17.6 Å². The van der Waals surface area contributed by atoms with E-state index in [0.29, 0.717) is 12.1 Å². The highest BCUT2D eigenvalue weighted by molar-refractivity contribution is 7.89. The van der Waals surface area contributed by atoms with Crippen LogP contribution in [0.15, 0.2) is 47.4 Å². The maximum absolute atomic E-state index is 13.8. The van der Waals surface area contributed by atoms with Crippen molar-refractivity contribution >= 4 is 16.0 Å². The van der Waals surface area contributed by atoms with E-state index in [0.717, 1.165) is 19.3 Å². The number of rotatable bonds is 6. The summed E-state index contributed by atoms with van der Waals surface area (Å²) in [5, 5.41) is 0. The van der Waals surface area contributed by atoms with E-state index in [1.165, 1.54) is 47.8 Å². The van der Waals surface area contributed by atoms with Gasteiger partial charge in [-0.05, 0) is 55.7 Å². The van der Waals surface area contributed by atoms with Gasteiger partial charge < -0.3 is 9.47 Å². The number of hydrogen-bond donors (Lipinski definition) is 0. The van der Waals surface area contributed by atoms with Crippen molar-refractivity contribution in [1.29, 1.82) is 0 Å². The molecule has 1 atom stereocenters. The average Bonchev–Trinajstić information content (AvgIpc) is 2.72. The zero-order valence-corrected chi connectivity index (χ0v) is 17.2. The van der Waals surface area contributed by atoms with Crippen LogP contribution in [0, 0.1) is 5.82 Å². The third-order valence-electron chi connectivity index (χ3n) is 5.00. The standard InChI is InChI=1S/C21H24FNO5S/c1-15-6-3-4-11-23(15)29(25,26)18-8-5-7-17(13-18)21(24)28-14-16-9-10-20(27-2)19(22)12-16/h5,7-10,12-13,15H,3-4,6,11,14H2,1-2H3/t15-/m0/s1. The molecule has 2 aromatic carbocycles. The number of benzene rings is 2. The number of sulfonamides is 1. The summed E-state index contributed by atoms with van der Waals surface area (Å²) >= 11 is 0. The van der Waals surface area contributed by atoms with E-state index in [4.69, 9.17) is 9.47 Å². The number of methoxy groups -OCH3 is 1. The molecule has 0 unspecified atom stereocenters. The summed E-state index contributed by atoms with van der Waals surface area (Å²) in [6, 6.07) is 10.0. The molecule has 1 heterocycles. The molecule has 1 fully saturated rings. The van der Waals surface area contributed by atoms with E-state index < -0.39 is 21.8 Å². The van der Waals surface area contributed by atoms with Crippen LogP contribution in [0.3, 0.4) is 0 Å². The van der Waals surface area contributed by atoms with Gasteiger partial charge in [-0.25, -0.2) is 17.6 Å². The zero-order valence-electron chi connectivity index (χ0n) is 16.4. The smallest absolute Gasteiger partial charge is 0.338 e. The summed E-state index contributed by atoms with van der Waals surface area (Å²) in [6.07, 6.45) is 2.65. The van der Waals surface area contributed by atoms with Crippen LogP contribution in [0.1, 0.15) is 42.1 Å². The fraction of sp³-hybridized carbons (Fsp3) is 0.381. The number of nitrogens with zero attached hydrogens (tertiary/aromatic N) is 1. The molecule has 1 aliphatic rings. The monoisotopic (exact) mass is 421 g/mol. The molecule has 2 aromatic rings. The molecule has 0 N–H and O–H groups in total. The summed E-state index contributed by atoms with van der Waals surface area (Å²) in [5.41, 5.74) is 0.590. The van der Waals surface area contributed by atoms with Crippen molar-refractivity contribution in [2.24, 2.45) is 0 Å². The van der Waals surface area contributed by atoms with Gasteiger partial charge in [-0.15, -0.1) is 0 Å². The molecule has 0 saturated carbocycles. The second-order valence-corrected chi connectivity index (χ2v) is 8.92. The first-order valence-electron chi connectivity index (χ1n) is 9.44. The summed E-state index contributed by atoms with van der Waals surface area (Å²) in [4.78, 5) is 12.5.